The molecule has 10 heteroatoms. The van der Waals surface area contributed by atoms with Crippen molar-refractivity contribution in [1.82, 2.24) is 0 Å². The maximum atomic E-state index is 12.1. The van der Waals surface area contributed by atoms with Crippen molar-refractivity contribution in [2.24, 2.45) is 0 Å². The molecule has 2 amide bonds. The first-order valence-corrected chi connectivity index (χ1v) is 5.28. The van der Waals surface area contributed by atoms with Crippen molar-refractivity contribution in [3.05, 3.63) is 23.8 Å². The second kappa shape index (κ2) is 5.62. The molecule has 0 aliphatic rings. The van der Waals surface area contributed by atoms with E-state index in [1.54, 1.807) is 0 Å². The van der Waals surface area contributed by atoms with E-state index in [-0.39, 0.29) is 0 Å². The van der Waals surface area contributed by atoms with Gasteiger partial charge in [-0.2, -0.15) is 26.3 Å². The number of hydrogen-bond acceptors (Lipinski definition) is 2. The first-order valence-electron chi connectivity index (χ1n) is 5.28. The van der Waals surface area contributed by atoms with Crippen molar-refractivity contribution in [1.29, 1.82) is 0 Å². The van der Waals surface area contributed by atoms with Gasteiger partial charge in [-0.3, -0.25) is 9.59 Å². The molecule has 1 aromatic carbocycles. The smallest absolute Gasteiger partial charge is 0.316 e. The normalized spacial score (nSPS) is 12.0. The Bertz CT molecular complexity index is 565. The van der Waals surface area contributed by atoms with E-state index >= 15 is 0 Å². The highest BCUT2D eigenvalue weighted by atomic mass is 19.4. The van der Waals surface area contributed by atoms with Gasteiger partial charge in [-0.1, -0.05) is 6.07 Å². The average Bonchev–Trinajstić information content (AvgIpc) is 2.29. The number of hydrogen-bond donors (Lipinski definition) is 2. The molecule has 1 rings (SSSR count). The Labute approximate surface area is 114 Å². The molecule has 0 aliphatic heterocycles. The third-order valence-corrected chi connectivity index (χ3v) is 2.19. The highest BCUT2D eigenvalue weighted by molar-refractivity contribution is 6.02. The van der Waals surface area contributed by atoms with Gasteiger partial charge >= 0.3 is 24.2 Å². The molecule has 0 atom stereocenters. The summed E-state index contributed by atoms with van der Waals surface area (Å²) >= 11 is 0. The predicted octanol–water partition coefficient (Wildman–Crippen LogP) is 3.00. The molecule has 4 nitrogen and oxygen atoms in total. The number of anilines is 2. The lowest BCUT2D eigenvalue weighted by Crippen LogP contribution is -2.32. The monoisotopic (exact) mass is 314 g/mol. The van der Waals surface area contributed by atoms with Gasteiger partial charge in [-0.15, -0.1) is 0 Å². The highest BCUT2D eigenvalue weighted by Gasteiger charge is 2.40. The van der Waals surface area contributed by atoms with Gasteiger partial charge in [-0.25, -0.2) is 0 Å². The summed E-state index contributed by atoms with van der Waals surface area (Å²) < 4.78 is 72.8. The van der Waals surface area contributed by atoms with E-state index in [0.29, 0.717) is 5.56 Å². The Morgan fingerprint density at radius 2 is 1.29 bits per heavy atom. The van der Waals surface area contributed by atoms with Crippen molar-refractivity contribution in [2.75, 3.05) is 10.6 Å². The van der Waals surface area contributed by atoms with E-state index in [2.05, 4.69) is 0 Å². The summed E-state index contributed by atoms with van der Waals surface area (Å²) in [5, 5.41) is 2.79. The zero-order valence-electron chi connectivity index (χ0n) is 10.3. The zero-order valence-corrected chi connectivity index (χ0v) is 10.3. The number of alkyl halides is 6. The van der Waals surface area contributed by atoms with E-state index < -0.39 is 35.5 Å². The maximum Gasteiger partial charge on any atom is 0.471 e. The first kappa shape index (κ1) is 16.8. The van der Waals surface area contributed by atoms with Crippen molar-refractivity contribution >= 4 is 23.2 Å². The Kier molecular flexibility index (Phi) is 4.49. The minimum atomic E-state index is -5.21. The molecule has 0 radical (unpaired) electrons. The molecule has 0 bridgehead atoms. The number of aryl methyl sites for hydroxylation is 1. The summed E-state index contributed by atoms with van der Waals surface area (Å²) in [6.07, 6.45) is -10.4. The van der Waals surface area contributed by atoms with E-state index in [1.165, 1.54) is 23.6 Å². The van der Waals surface area contributed by atoms with Crippen molar-refractivity contribution in [2.45, 2.75) is 19.3 Å². The second-order valence-electron chi connectivity index (χ2n) is 3.95. The van der Waals surface area contributed by atoms with Gasteiger partial charge in [0.15, 0.2) is 0 Å². The molecule has 0 saturated carbocycles. The number of rotatable bonds is 2. The maximum absolute atomic E-state index is 12.1. The van der Waals surface area contributed by atoms with Crippen molar-refractivity contribution in [3.63, 3.8) is 0 Å². The number of carbonyl (C=O) groups is 2. The molecular formula is C11H8F6N2O2. The number of halogens is 6. The van der Waals surface area contributed by atoms with Crippen LogP contribution in [0, 0.1) is 6.92 Å². The molecular weight excluding hydrogens is 306 g/mol. The average molecular weight is 314 g/mol. The summed E-state index contributed by atoms with van der Waals surface area (Å²) in [5.74, 6) is -4.73. The molecule has 2 N–H and O–H groups in total. The predicted molar refractivity (Wildman–Crippen MR) is 60.5 cm³/mol. The Hall–Kier alpha value is -2.26. The second-order valence-corrected chi connectivity index (χ2v) is 3.95. The third-order valence-electron chi connectivity index (χ3n) is 2.19. The summed E-state index contributed by atoms with van der Waals surface area (Å²) in [6.45, 7) is 1.44. The number of carbonyl (C=O) groups excluding carboxylic acids is 2. The van der Waals surface area contributed by atoms with Crippen LogP contribution in [0.4, 0.5) is 37.7 Å². The van der Waals surface area contributed by atoms with Gasteiger partial charge in [0.25, 0.3) is 0 Å². The summed E-state index contributed by atoms with van der Waals surface area (Å²) in [5.41, 5.74) is -0.812. The lowest BCUT2D eigenvalue weighted by molar-refractivity contribution is -0.167. The fourth-order valence-electron chi connectivity index (χ4n) is 1.26. The van der Waals surface area contributed by atoms with Crippen LogP contribution in [-0.2, 0) is 9.59 Å². The van der Waals surface area contributed by atoms with Crippen LogP contribution in [-0.4, -0.2) is 24.2 Å². The van der Waals surface area contributed by atoms with Gasteiger partial charge < -0.3 is 10.6 Å². The summed E-state index contributed by atoms with van der Waals surface area (Å²) in [7, 11) is 0. The molecule has 1 aromatic rings. The third kappa shape index (κ3) is 4.65. The molecule has 0 aliphatic carbocycles. The topological polar surface area (TPSA) is 58.2 Å². The van der Waals surface area contributed by atoms with Gasteiger partial charge in [0.05, 0.1) is 11.4 Å². The van der Waals surface area contributed by atoms with Crippen LogP contribution in [0.5, 0.6) is 0 Å². The lowest BCUT2D eigenvalue weighted by atomic mass is 10.2. The molecule has 0 saturated heterocycles. The number of amides is 2. The van der Waals surface area contributed by atoms with Gasteiger partial charge in [0.2, 0.25) is 0 Å². The van der Waals surface area contributed by atoms with Gasteiger partial charge in [0.1, 0.15) is 0 Å². The summed E-state index contributed by atoms with van der Waals surface area (Å²) in [4.78, 5) is 21.6. The number of benzene rings is 1. The molecule has 0 spiro atoms. The van der Waals surface area contributed by atoms with Crippen LogP contribution >= 0.6 is 0 Å². The lowest BCUT2D eigenvalue weighted by Gasteiger charge is -2.15. The van der Waals surface area contributed by atoms with Gasteiger partial charge in [0, 0.05) is 0 Å². The molecule has 0 heterocycles. The van der Waals surface area contributed by atoms with E-state index in [0.717, 1.165) is 12.1 Å². The van der Waals surface area contributed by atoms with Gasteiger partial charge in [-0.05, 0) is 24.6 Å². The minimum absolute atomic E-state index is 0.373. The van der Waals surface area contributed by atoms with E-state index in [1.807, 2.05) is 0 Å². The Morgan fingerprint density at radius 3 is 1.71 bits per heavy atom. The quantitative estimate of drug-likeness (QED) is 0.825. The molecule has 116 valence electrons. The standard InChI is InChI=1S/C11H8F6N2O2/c1-5-2-3-6(18-8(20)10(12,13)14)7(4-5)19-9(21)11(15,16)17/h2-4H,1H3,(H,18,20)(H,19,21). The van der Waals surface area contributed by atoms with Crippen molar-refractivity contribution < 1.29 is 35.9 Å². The van der Waals surface area contributed by atoms with E-state index in [4.69, 9.17) is 0 Å². The Balaban J connectivity index is 3.06. The fraction of sp³-hybridized carbons (Fsp3) is 0.273. The van der Waals surface area contributed by atoms with Crippen molar-refractivity contribution in [3.8, 4) is 0 Å². The minimum Gasteiger partial charge on any atom is -0.316 e. The molecule has 21 heavy (non-hydrogen) atoms. The van der Waals surface area contributed by atoms with Crippen LogP contribution in [0.3, 0.4) is 0 Å². The number of nitrogens with one attached hydrogen (secondary N) is 2. The van der Waals surface area contributed by atoms with Crippen LogP contribution in [0.25, 0.3) is 0 Å². The highest BCUT2D eigenvalue weighted by Crippen LogP contribution is 2.27. The van der Waals surface area contributed by atoms with Crippen LogP contribution in [0.15, 0.2) is 18.2 Å². The fourth-order valence-corrected chi connectivity index (χ4v) is 1.26. The first-order chi connectivity index (χ1) is 9.41. The molecule has 0 fully saturated rings. The zero-order chi connectivity index (χ0) is 16.4. The molecule has 0 unspecified atom stereocenters. The summed E-state index contributed by atoms with van der Waals surface area (Å²) in [6, 6.07) is 3.20. The molecule has 0 aromatic heterocycles. The largest absolute Gasteiger partial charge is 0.471 e. The SMILES string of the molecule is Cc1ccc(NC(=O)C(F)(F)F)c(NC(=O)C(F)(F)F)c1. The van der Waals surface area contributed by atoms with Crippen LogP contribution < -0.4 is 10.6 Å². The van der Waals surface area contributed by atoms with E-state index in [9.17, 15) is 35.9 Å². The Morgan fingerprint density at radius 1 is 0.857 bits per heavy atom. The van der Waals surface area contributed by atoms with Crippen LogP contribution in [0.2, 0.25) is 0 Å². The van der Waals surface area contributed by atoms with Crippen LogP contribution in [0.1, 0.15) is 5.56 Å².